The molecule has 4 nitrogen and oxygen atoms in total. The maximum atomic E-state index is 12.6. The highest BCUT2D eigenvalue weighted by atomic mass is 79.9. The Morgan fingerprint density at radius 3 is 3.09 bits per heavy atom. The topological polar surface area (TPSA) is 53.2 Å². The largest absolute Gasteiger partial charge is 0.351 e. The fourth-order valence-corrected chi connectivity index (χ4v) is 4.50. The number of benzene rings is 1. The standard InChI is InChI=1S/C17H22BrN3O/c18-12-5-1-3-10(7-12)13-8-14(13)17(22)20-15-6-2-4-11-9-19-21-16(11)15/h1,3,5,7,11,13-16,19,21H,2,4,6,8-9H2,(H,20,22). The molecule has 2 saturated carbocycles. The van der Waals surface area contributed by atoms with Gasteiger partial charge < -0.3 is 5.32 Å². The molecule has 0 spiro atoms. The molecule has 118 valence electrons. The number of halogens is 1. The van der Waals surface area contributed by atoms with Gasteiger partial charge in [-0.25, -0.2) is 0 Å². The minimum Gasteiger partial charge on any atom is -0.351 e. The van der Waals surface area contributed by atoms with Crippen LogP contribution in [0, 0.1) is 11.8 Å². The van der Waals surface area contributed by atoms with Crippen molar-refractivity contribution in [1.29, 1.82) is 0 Å². The number of hydrazine groups is 1. The number of hydrogen-bond acceptors (Lipinski definition) is 3. The molecule has 0 bridgehead atoms. The Labute approximate surface area is 139 Å². The van der Waals surface area contributed by atoms with Gasteiger partial charge in [0.2, 0.25) is 5.91 Å². The molecular weight excluding hydrogens is 342 g/mol. The highest BCUT2D eigenvalue weighted by molar-refractivity contribution is 9.10. The predicted octanol–water partition coefficient (Wildman–Crippen LogP) is 2.31. The molecule has 0 aromatic heterocycles. The molecule has 0 radical (unpaired) electrons. The quantitative estimate of drug-likeness (QED) is 0.772. The summed E-state index contributed by atoms with van der Waals surface area (Å²) in [5, 5.41) is 3.31. The summed E-state index contributed by atoms with van der Waals surface area (Å²) in [5.41, 5.74) is 7.87. The van der Waals surface area contributed by atoms with E-state index >= 15 is 0 Å². The Bertz CT molecular complexity index is 579. The summed E-state index contributed by atoms with van der Waals surface area (Å²) >= 11 is 3.51. The Hall–Kier alpha value is -0.910. The smallest absolute Gasteiger partial charge is 0.224 e. The molecule has 1 aliphatic heterocycles. The molecule has 1 aromatic carbocycles. The van der Waals surface area contributed by atoms with Gasteiger partial charge >= 0.3 is 0 Å². The van der Waals surface area contributed by atoms with Crippen LogP contribution >= 0.6 is 15.9 Å². The van der Waals surface area contributed by atoms with Gasteiger partial charge in [-0.05, 0) is 48.8 Å². The lowest BCUT2D eigenvalue weighted by Gasteiger charge is -2.33. The SMILES string of the molecule is O=C(NC1CCCC2CNNC21)C1CC1c1cccc(Br)c1. The van der Waals surface area contributed by atoms with Crippen LogP contribution in [0.15, 0.2) is 28.7 Å². The fourth-order valence-electron chi connectivity index (χ4n) is 4.09. The van der Waals surface area contributed by atoms with Crippen molar-refractivity contribution in [3.63, 3.8) is 0 Å². The van der Waals surface area contributed by atoms with Crippen LogP contribution in [-0.2, 0) is 4.79 Å². The normalized spacial score (nSPS) is 36.7. The summed E-state index contributed by atoms with van der Waals surface area (Å²) < 4.78 is 1.09. The maximum Gasteiger partial charge on any atom is 0.224 e. The zero-order chi connectivity index (χ0) is 15.1. The number of fused-ring (bicyclic) bond motifs is 1. The van der Waals surface area contributed by atoms with Crippen molar-refractivity contribution in [2.75, 3.05) is 6.54 Å². The molecule has 3 N–H and O–H groups in total. The lowest BCUT2D eigenvalue weighted by Crippen LogP contribution is -2.53. The molecule has 1 heterocycles. The number of carbonyl (C=O) groups excluding carboxylic acids is 1. The second-order valence-electron chi connectivity index (χ2n) is 6.86. The van der Waals surface area contributed by atoms with Crippen molar-refractivity contribution >= 4 is 21.8 Å². The van der Waals surface area contributed by atoms with E-state index in [1.54, 1.807) is 0 Å². The first-order valence-electron chi connectivity index (χ1n) is 8.26. The minimum atomic E-state index is 0.157. The molecular formula is C17H22BrN3O. The third-order valence-electron chi connectivity index (χ3n) is 5.40. The summed E-state index contributed by atoms with van der Waals surface area (Å²) in [7, 11) is 0. The number of amides is 1. The first kappa shape index (κ1) is 14.7. The van der Waals surface area contributed by atoms with Crippen LogP contribution < -0.4 is 16.2 Å². The van der Waals surface area contributed by atoms with Crippen LogP contribution in [0.25, 0.3) is 0 Å². The van der Waals surface area contributed by atoms with Gasteiger partial charge in [-0.15, -0.1) is 0 Å². The average Bonchev–Trinajstić information content (AvgIpc) is 3.17. The molecule has 22 heavy (non-hydrogen) atoms. The van der Waals surface area contributed by atoms with Crippen molar-refractivity contribution in [2.45, 2.75) is 43.7 Å². The Balaban J connectivity index is 1.37. The molecule has 5 unspecified atom stereocenters. The minimum absolute atomic E-state index is 0.157. The second kappa shape index (κ2) is 5.95. The lowest BCUT2D eigenvalue weighted by molar-refractivity contribution is -0.123. The zero-order valence-corrected chi connectivity index (χ0v) is 14.1. The summed E-state index contributed by atoms with van der Waals surface area (Å²) in [6.45, 7) is 1.03. The third kappa shape index (κ3) is 2.82. The first-order chi connectivity index (χ1) is 10.7. The molecule has 1 saturated heterocycles. The maximum absolute atomic E-state index is 12.6. The number of nitrogens with one attached hydrogen (secondary N) is 3. The van der Waals surface area contributed by atoms with Gasteiger partial charge in [0.1, 0.15) is 0 Å². The van der Waals surface area contributed by atoms with Crippen molar-refractivity contribution in [1.82, 2.24) is 16.2 Å². The van der Waals surface area contributed by atoms with Crippen molar-refractivity contribution in [3.8, 4) is 0 Å². The summed E-state index contributed by atoms with van der Waals surface area (Å²) in [4.78, 5) is 12.6. The number of carbonyl (C=O) groups is 1. The van der Waals surface area contributed by atoms with Gasteiger partial charge in [0.25, 0.3) is 0 Å². The average molecular weight is 364 g/mol. The van der Waals surface area contributed by atoms with Crippen LogP contribution in [0.3, 0.4) is 0 Å². The van der Waals surface area contributed by atoms with Crippen LogP contribution in [0.5, 0.6) is 0 Å². The van der Waals surface area contributed by atoms with Crippen LogP contribution in [0.4, 0.5) is 0 Å². The second-order valence-corrected chi connectivity index (χ2v) is 7.78. The van der Waals surface area contributed by atoms with Gasteiger partial charge in [-0.1, -0.05) is 34.5 Å². The zero-order valence-electron chi connectivity index (χ0n) is 12.5. The van der Waals surface area contributed by atoms with E-state index in [4.69, 9.17) is 0 Å². The monoisotopic (exact) mass is 363 g/mol. The van der Waals surface area contributed by atoms with E-state index in [9.17, 15) is 4.79 Å². The van der Waals surface area contributed by atoms with Crippen LogP contribution in [0.2, 0.25) is 0 Å². The molecule has 3 fully saturated rings. The van der Waals surface area contributed by atoms with Gasteiger partial charge in [0.15, 0.2) is 0 Å². The van der Waals surface area contributed by atoms with E-state index in [1.165, 1.54) is 18.4 Å². The third-order valence-corrected chi connectivity index (χ3v) is 5.89. The van der Waals surface area contributed by atoms with Crippen molar-refractivity contribution in [3.05, 3.63) is 34.3 Å². The van der Waals surface area contributed by atoms with Gasteiger partial charge in [0.05, 0.1) is 0 Å². The molecule has 4 rings (SSSR count). The highest BCUT2D eigenvalue weighted by Crippen LogP contribution is 2.48. The molecule has 5 atom stereocenters. The Morgan fingerprint density at radius 2 is 2.23 bits per heavy atom. The van der Waals surface area contributed by atoms with E-state index < -0.39 is 0 Å². The van der Waals surface area contributed by atoms with Crippen LogP contribution in [-0.4, -0.2) is 24.5 Å². The Kier molecular flexibility index (Phi) is 3.96. The Morgan fingerprint density at radius 1 is 1.32 bits per heavy atom. The summed E-state index contributed by atoms with van der Waals surface area (Å²) in [6, 6.07) is 9.03. The molecule has 1 aromatic rings. The molecule has 5 heteroatoms. The van der Waals surface area contributed by atoms with E-state index in [1.807, 2.05) is 12.1 Å². The van der Waals surface area contributed by atoms with E-state index in [0.29, 0.717) is 17.9 Å². The lowest BCUT2D eigenvalue weighted by atomic mass is 9.82. The fraction of sp³-hybridized carbons (Fsp3) is 0.588. The highest BCUT2D eigenvalue weighted by Gasteiger charge is 2.46. The predicted molar refractivity (Wildman–Crippen MR) is 89.2 cm³/mol. The molecule has 2 aliphatic carbocycles. The first-order valence-corrected chi connectivity index (χ1v) is 9.06. The van der Waals surface area contributed by atoms with Gasteiger partial charge in [-0.3, -0.25) is 15.6 Å². The molecule has 3 aliphatic rings. The van der Waals surface area contributed by atoms with Crippen molar-refractivity contribution in [2.24, 2.45) is 11.8 Å². The van der Waals surface area contributed by atoms with E-state index in [2.05, 4.69) is 44.2 Å². The number of hydrogen-bond donors (Lipinski definition) is 3. The molecule has 1 amide bonds. The van der Waals surface area contributed by atoms with Crippen LogP contribution in [0.1, 0.15) is 37.2 Å². The summed E-state index contributed by atoms with van der Waals surface area (Å²) in [5.74, 6) is 1.46. The van der Waals surface area contributed by atoms with Gasteiger partial charge in [0, 0.05) is 29.0 Å². The van der Waals surface area contributed by atoms with Gasteiger partial charge in [-0.2, -0.15) is 0 Å². The number of rotatable bonds is 3. The van der Waals surface area contributed by atoms with Crippen molar-refractivity contribution < 1.29 is 4.79 Å². The summed E-state index contributed by atoms with van der Waals surface area (Å²) in [6.07, 6.45) is 4.56. The van der Waals surface area contributed by atoms with E-state index in [-0.39, 0.29) is 17.9 Å². The van der Waals surface area contributed by atoms with E-state index in [0.717, 1.165) is 23.9 Å².